The lowest BCUT2D eigenvalue weighted by Gasteiger charge is -2.32. The summed E-state index contributed by atoms with van der Waals surface area (Å²) in [7, 11) is -0.134. The van der Waals surface area contributed by atoms with E-state index in [0.717, 1.165) is 12.0 Å². The minimum atomic E-state index is -0.263. The van der Waals surface area contributed by atoms with Crippen molar-refractivity contribution in [3.63, 3.8) is 0 Å². The summed E-state index contributed by atoms with van der Waals surface area (Å²) in [6, 6.07) is 0. The van der Waals surface area contributed by atoms with Crippen LogP contribution in [0.25, 0.3) is 0 Å². The van der Waals surface area contributed by atoms with E-state index in [1.165, 1.54) is 0 Å². The standard InChI is InChI=1S/C13H18BClN2O2/c1-12(2)13(3,4)19-14(18-12)10-5-9(10)8-6-16-11(15)17-7-8/h6-7,9-10H,5H2,1-4H3. The van der Waals surface area contributed by atoms with Crippen LogP contribution in [0.5, 0.6) is 0 Å². The first-order chi connectivity index (χ1) is 8.80. The van der Waals surface area contributed by atoms with Crippen LogP contribution in [0.3, 0.4) is 0 Å². The van der Waals surface area contributed by atoms with Gasteiger partial charge in [-0.15, -0.1) is 0 Å². The van der Waals surface area contributed by atoms with E-state index < -0.39 is 0 Å². The quantitative estimate of drug-likeness (QED) is 0.617. The molecule has 1 aliphatic heterocycles. The second-order valence-corrected chi connectivity index (χ2v) is 6.75. The molecular weight excluding hydrogens is 262 g/mol. The summed E-state index contributed by atoms with van der Waals surface area (Å²) in [4.78, 5) is 8.06. The summed E-state index contributed by atoms with van der Waals surface area (Å²) in [6.45, 7) is 8.32. The number of nitrogens with zero attached hydrogens (tertiary/aromatic N) is 2. The molecule has 3 rings (SSSR count). The predicted molar refractivity (Wildman–Crippen MR) is 74.2 cm³/mol. The maximum Gasteiger partial charge on any atom is 0.461 e. The molecule has 1 aliphatic carbocycles. The third kappa shape index (κ3) is 2.28. The van der Waals surface area contributed by atoms with Gasteiger partial charge in [-0.2, -0.15) is 0 Å². The monoisotopic (exact) mass is 280 g/mol. The average Bonchev–Trinajstić information content (AvgIpc) is 3.04. The van der Waals surface area contributed by atoms with E-state index in [-0.39, 0.29) is 23.6 Å². The van der Waals surface area contributed by atoms with Gasteiger partial charge in [-0.25, -0.2) is 9.97 Å². The van der Waals surface area contributed by atoms with Gasteiger partial charge in [-0.3, -0.25) is 0 Å². The molecular formula is C13H18BClN2O2. The Morgan fingerprint density at radius 3 is 2.21 bits per heavy atom. The molecule has 2 atom stereocenters. The van der Waals surface area contributed by atoms with Crippen molar-refractivity contribution in [2.24, 2.45) is 0 Å². The highest BCUT2D eigenvalue weighted by Gasteiger charge is 2.59. The lowest BCUT2D eigenvalue weighted by atomic mass is 9.80. The van der Waals surface area contributed by atoms with E-state index in [4.69, 9.17) is 20.9 Å². The van der Waals surface area contributed by atoms with Gasteiger partial charge in [0.25, 0.3) is 0 Å². The van der Waals surface area contributed by atoms with Gasteiger partial charge in [0, 0.05) is 18.2 Å². The first-order valence-electron chi connectivity index (χ1n) is 6.63. The normalized spacial score (nSPS) is 31.5. The molecule has 102 valence electrons. The van der Waals surface area contributed by atoms with Crippen LogP contribution in [0.4, 0.5) is 0 Å². The maximum absolute atomic E-state index is 6.07. The van der Waals surface area contributed by atoms with Crippen LogP contribution in [0.1, 0.15) is 45.6 Å². The molecule has 0 amide bonds. The van der Waals surface area contributed by atoms with Gasteiger partial charge in [-0.1, -0.05) is 0 Å². The van der Waals surface area contributed by atoms with E-state index >= 15 is 0 Å². The number of hydrogen-bond acceptors (Lipinski definition) is 4. The molecule has 1 aromatic heterocycles. The fourth-order valence-corrected chi connectivity index (χ4v) is 2.57. The van der Waals surface area contributed by atoms with Crippen LogP contribution >= 0.6 is 11.6 Å². The molecule has 1 saturated heterocycles. The van der Waals surface area contributed by atoms with Gasteiger partial charge in [0.1, 0.15) is 0 Å². The number of rotatable bonds is 2. The van der Waals surface area contributed by atoms with Crippen molar-refractivity contribution in [3.8, 4) is 0 Å². The van der Waals surface area contributed by atoms with Crippen molar-refractivity contribution in [1.29, 1.82) is 0 Å². The zero-order chi connectivity index (χ0) is 13.8. The van der Waals surface area contributed by atoms with E-state index in [2.05, 4.69) is 37.7 Å². The number of aromatic nitrogens is 2. The zero-order valence-corrected chi connectivity index (χ0v) is 12.4. The van der Waals surface area contributed by atoms with E-state index in [1.807, 2.05) is 0 Å². The second kappa shape index (κ2) is 4.17. The molecule has 2 unspecified atom stereocenters. The van der Waals surface area contributed by atoms with Crippen LogP contribution in [-0.4, -0.2) is 28.3 Å². The molecule has 19 heavy (non-hydrogen) atoms. The summed E-state index contributed by atoms with van der Waals surface area (Å²) in [5, 5.41) is 0.289. The molecule has 0 radical (unpaired) electrons. The van der Waals surface area contributed by atoms with Crippen molar-refractivity contribution >= 4 is 18.7 Å². The molecule has 2 aliphatic rings. The van der Waals surface area contributed by atoms with Crippen LogP contribution in [-0.2, 0) is 9.31 Å². The molecule has 0 bridgehead atoms. The van der Waals surface area contributed by atoms with Crippen molar-refractivity contribution in [2.45, 2.75) is 57.1 Å². The highest BCUT2D eigenvalue weighted by Crippen LogP contribution is 2.58. The highest BCUT2D eigenvalue weighted by atomic mass is 35.5. The van der Waals surface area contributed by atoms with Crippen molar-refractivity contribution < 1.29 is 9.31 Å². The smallest absolute Gasteiger partial charge is 0.403 e. The van der Waals surface area contributed by atoms with Gasteiger partial charge in [-0.05, 0) is 57.2 Å². The van der Waals surface area contributed by atoms with Crippen LogP contribution in [0.2, 0.25) is 11.1 Å². The molecule has 2 fully saturated rings. The molecule has 1 saturated carbocycles. The Morgan fingerprint density at radius 1 is 1.16 bits per heavy atom. The average molecular weight is 281 g/mol. The Bertz CT molecular complexity index is 476. The first kappa shape index (κ1) is 13.3. The van der Waals surface area contributed by atoms with E-state index in [1.54, 1.807) is 12.4 Å². The Balaban J connectivity index is 1.70. The minimum Gasteiger partial charge on any atom is -0.403 e. The Labute approximate surface area is 119 Å². The maximum atomic E-state index is 6.07. The number of hydrogen-bond donors (Lipinski definition) is 0. The van der Waals surface area contributed by atoms with Crippen LogP contribution in [0, 0.1) is 0 Å². The molecule has 0 aromatic carbocycles. The van der Waals surface area contributed by atoms with Gasteiger partial charge in [0.05, 0.1) is 11.2 Å². The van der Waals surface area contributed by atoms with Crippen molar-refractivity contribution in [3.05, 3.63) is 23.2 Å². The Kier molecular flexibility index (Phi) is 2.93. The summed E-state index contributed by atoms with van der Waals surface area (Å²) < 4.78 is 12.1. The van der Waals surface area contributed by atoms with Crippen LogP contribution < -0.4 is 0 Å². The third-order valence-corrected chi connectivity index (χ3v) is 4.72. The summed E-state index contributed by atoms with van der Waals surface area (Å²) in [5.41, 5.74) is 0.590. The summed E-state index contributed by atoms with van der Waals surface area (Å²) in [6.07, 6.45) is 4.65. The molecule has 2 heterocycles. The third-order valence-electron chi connectivity index (χ3n) is 4.53. The lowest BCUT2D eigenvalue weighted by molar-refractivity contribution is 0.00578. The van der Waals surface area contributed by atoms with Gasteiger partial charge < -0.3 is 9.31 Å². The summed E-state index contributed by atoms with van der Waals surface area (Å²) in [5.74, 6) is 0.817. The zero-order valence-electron chi connectivity index (χ0n) is 11.7. The van der Waals surface area contributed by atoms with E-state index in [0.29, 0.717) is 11.7 Å². The molecule has 0 N–H and O–H groups in total. The molecule has 0 spiro atoms. The van der Waals surface area contributed by atoms with Gasteiger partial charge >= 0.3 is 7.12 Å². The lowest BCUT2D eigenvalue weighted by Crippen LogP contribution is -2.41. The van der Waals surface area contributed by atoms with Crippen molar-refractivity contribution in [1.82, 2.24) is 9.97 Å². The van der Waals surface area contributed by atoms with E-state index in [9.17, 15) is 0 Å². The molecule has 1 aromatic rings. The first-order valence-corrected chi connectivity index (χ1v) is 7.01. The Hall–Kier alpha value is -0.645. The predicted octanol–water partition coefficient (Wildman–Crippen LogP) is 3.08. The van der Waals surface area contributed by atoms with Gasteiger partial charge in [0.2, 0.25) is 5.28 Å². The molecule has 4 nitrogen and oxygen atoms in total. The van der Waals surface area contributed by atoms with Gasteiger partial charge in [0.15, 0.2) is 0 Å². The SMILES string of the molecule is CC1(C)OB(C2CC2c2cnc(Cl)nc2)OC1(C)C. The fraction of sp³-hybridized carbons (Fsp3) is 0.692. The number of halogens is 1. The highest BCUT2D eigenvalue weighted by molar-refractivity contribution is 6.49. The van der Waals surface area contributed by atoms with Crippen LogP contribution in [0.15, 0.2) is 12.4 Å². The topological polar surface area (TPSA) is 44.2 Å². The fourth-order valence-electron chi connectivity index (χ4n) is 2.48. The largest absolute Gasteiger partial charge is 0.461 e. The molecule has 6 heteroatoms. The summed E-state index contributed by atoms with van der Waals surface area (Å²) >= 11 is 5.70. The minimum absolute atomic E-state index is 0.134. The second-order valence-electron chi connectivity index (χ2n) is 6.42. The Morgan fingerprint density at radius 2 is 1.68 bits per heavy atom. The van der Waals surface area contributed by atoms with Crippen molar-refractivity contribution in [2.75, 3.05) is 0 Å².